The maximum Gasteiger partial charge on any atom is 0.232 e. The van der Waals surface area contributed by atoms with Gasteiger partial charge in [-0.05, 0) is 33.6 Å². The fraction of sp³-hybridized carbons (Fsp3) is 0.533. The molecule has 0 saturated heterocycles. The average Bonchev–Trinajstić information content (AvgIpc) is 2.45. The third-order valence-electron chi connectivity index (χ3n) is 3.01. The summed E-state index contributed by atoms with van der Waals surface area (Å²) in [6.45, 7) is 9.24. The second-order valence-corrected chi connectivity index (χ2v) is 8.14. The molecule has 0 aliphatic carbocycles. The van der Waals surface area contributed by atoms with Crippen LogP contribution >= 0.6 is 11.6 Å². The van der Waals surface area contributed by atoms with Gasteiger partial charge in [0.15, 0.2) is 0 Å². The first-order valence-electron chi connectivity index (χ1n) is 6.89. The summed E-state index contributed by atoms with van der Waals surface area (Å²) >= 11 is 6.07. The van der Waals surface area contributed by atoms with Gasteiger partial charge in [0.2, 0.25) is 5.95 Å². The Morgan fingerprint density at radius 3 is 2.73 bits per heavy atom. The first-order valence-corrected chi connectivity index (χ1v) is 8.42. The molecule has 1 rings (SSSR count). The van der Waals surface area contributed by atoms with E-state index in [-0.39, 0.29) is 5.02 Å². The van der Waals surface area contributed by atoms with E-state index < -0.39 is 27.7 Å². The van der Waals surface area contributed by atoms with Crippen LogP contribution in [0, 0.1) is 5.95 Å². The van der Waals surface area contributed by atoms with E-state index in [1.165, 1.54) is 13.3 Å². The standard InChI is InChI=1S/C15H22ClFN2O2S/c1-6-7-8-10(19-22(20)15(2,3)4)12-11(21-5)9-18-14(17)13(12)16/h6,9-10,19H,1,7-8H2,2-5H3/t10-,22?/m1/s1. The lowest BCUT2D eigenvalue weighted by Crippen LogP contribution is -2.36. The van der Waals surface area contributed by atoms with E-state index in [0.29, 0.717) is 24.2 Å². The summed E-state index contributed by atoms with van der Waals surface area (Å²) in [5, 5.41) is -0.119. The highest BCUT2D eigenvalue weighted by Crippen LogP contribution is 2.35. The second-order valence-electron chi connectivity index (χ2n) is 5.76. The van der Waals surface area contributed by atoms with E-state index in [0.717, 1.165) is 0 Å². The first kappa shape index (κ1) is 19.1. The molecule has 2 atom stereocenters. The Hall–Kier alpha value is -0.980. The van der Waals surface area contributed by atoms with Crippen LogP contribution in [0.15, 0.2) is 18.9 Å². The van der Waals surface area contributed by atoms with E-state index in [9.17, 15) is 8.60 Å². The molecule has 1 heterocycles. The van der Waals surface area contributed by atoms with Gasteiger partial charge in [-0.3, -0.25) is 0 Å². The minimum Gasteiger partial charge on any atom is -0.495 e. The van der Waals surface area contributed by atoms with Crippen molar-refractivity contribution in [2.45, 2.75) is 44.4 Å². The van der Waals surface area contributed by atoms with Crippen LogP contribution in [-0.4, -0.2) is 21.0 Å². The molecule has 1 unspecified atom stereocenters. The fourth-order valence-corrected chi connectivity index (χ4v) is 2.92. The molecule has 0 radical (unpaired) electrons. The largest absolute Gasteiger partial charge is 0.495 e. The van der Waals surface area contributed by atoms with Gasteiger partial charge in [-0.1, -0.05) is 17.7 Å². The van der Waals surface area contributed by atoms with E-state index >= 15 is 0 Å². The SMILES string of the molecule is C=CCC[C@@H](NS(=O)C(C)(C)C)c1c(OC)cnc(F)c1Cl. The van der Waals surface area contributed by atoms with Gasteiger partial charge in [-0.15, -0.1) is 6.58 Å². The Labute approximate surface area is 138 Å². The topological polar surface area (TPSA) is 51.2 Å². The van der Waals surface area contributed by atoms with Gasteiger partial charge in [0.05, 0.1) is 35.1 Å². The van der Waals surface area contributed by atoms with Crippen LogP contribution in [0.3, 0.4) is 0 Å². The predicted molar refractivity (Wildman–Crippen MR) is 89.0 cm³/mol. The van der Waals surface area contributed by atoms with Gasteiger partial charge in [0, 0.05) is 5.56 Å². The number of aromatic nitrogens is 1. The Morgan fingerprint density at radius 2 is 2.23 bits per heavy atom. The van der Waals surface area contributed by atoms with E-state index in [1.54, 1.807) is 6.08 Å². The Bertz CT molecular complexity index is 561. The number of halogens is 2. The number of nitrogens with one attached hydrogen (secondary N) is 1. The van der Waals surface area contributed by atoms with Crippen LogP contribution in [0.2, 0.25) is 5.02 Å². The van der Waals surface area contributed by atoms with Crippen molar-refractivity contribution in [1.29, 1.82) is 0 Å². The van der Waals surface area contributed by atoms with Crippen LogP contribution in [-0.2, 0) is 11.0 Å². The predicted octanol–water partition coefficient (Wildman–Crippen LogP) is 3.94. The zero-order valence-corrected chi connectivity index (χ0v) is 14.9. The molecule has 0 amide bonds. The summed E-state index contributed by atoms with van der Waals surface area (Å²) in [5.74, 6) is -0.414. The molecule has 0 fully saturated rings. The molecule has 1 N–H and O–H groups in total. The summed E-state index contributed by atoms with van der Waals surface area (Å²) in [6, 6.07) is -0.432. The van der Waals surface area contributed by atoms with Crippen LogP contribution < -0.4 is 9.46 Å². The maximum absolute atomic E-state index is 13.7. The molecule has 1 aromatic rings. The maximum atomic E-state index is 13.7. The molecular weight excluding hydrogens is 327 g/mol. The van der Waals surface area contributed by atoms with Crippen molar-refractivity contribution in [2.24, 2.45) is 0 Å². The molecule has 4 nitrogen and oxygen atoms in total. The molecule has 0 bridgehead atoms. The minimum atomic E-state index is -1.34. The highest BCUT2D eigenvalue weighted by molar-refractivity contribution is 7.84. The van der Waals surface area contributed by atoms with E-state index in [1.807, 2.05) is 20.8 Å². The molecule has 22 heavy (non-hydrogen) atoms. The molecule has 0 aliphatic rings. The third kappa shape index (κ3) is 4.76. The highest BCUT2D eigenvalue weighted by atomic mass is 35.5. The normalized spacial score (nSPS) is 14.5. The third-order valence-corrected chi connectivity index (χ3v) is 4.98. The number of rotatable bonds is 7. The average molecular weight is 349 g/mol. The number of allylic oxidation sites excluding steroid dienone is 1. The molecule has 1 aromatic heterocycles. The van der Waals surface area contributed by atoms with Crippen molar-refractivity contribution in [2.75, 3.05) is 7.11 Å². The van der Waals surface area contributed by atoms with Gasteiger partial charge >= 0.3 is 0 Å². The highest BCUT2D eigenvalue weighted by Gasteiger charge is 2.28. The van der Waals surface area contributed by atoms with Gasteiger partial charge < -0.3 is 4.74 Å². The second kappa shape index (κ2) is 8.04. The number of hydrogen-bond donors (Lipinski definition) is 1. The first-order chi connectivity index (χ1) is 10.2. The minimum absolute atomic E-state index is 0.119. The number of methoxy groups -OCH3 is 1. The zero-order valence-electron chi connectivity index (χ0n) is 13.3. The number of hydrogen-bond acceptors (Lipinski definition) is 3. The van der Waals surface area contributed by atoms with Gasteiger partial charge in [-0.2, -0.15) is 4.39 Å². The lowest BCUT2D eigenvalue weighted by atomic mass is 10.0. The molecule has 0 spiro atoms. The lowest BCUT2D eigenvalue weighted by molar-refractivity contribution is 0.396. The van der Waals surface area contributed by atoms with Crippen LogP contribution in [0.1, 0.15) is 45.2 Å². The van der Waals surface area contributed by atoms with Crippen LogP contribution in [0.5, 0.6) is 5.75 Å². The molecular formula is C15H22ClFN2O2S. The smallest absolute Gasteiger partial charge is 0.232 e. The van der Waals surface area contributed by atoms with Crippen molar-refractivity contribution in [3.05, 3.63) is 35.4 Å². The van der Waals surface area contributed by atoms with Crippen molar-refractivity contribution >= 4 is 22.6 Å². The summed E-state index contributed by atoms with van der Waals surface area (Å²) in [6.07, 6.45) is 4.24. The van der Waals surface area contributed by atoms with Crippen molar-refractivity contribution < 1.29 is 13.3 Å². The van der Waals surface area contributed by atoms with E-state index in [2.05, 4.69) is 16.3 Å². The molecule has 0 aromatic carbocycles. The van der Waals surface area contributed by atoms with E-state index in [4.69, 9.17) is 16.3 Å². The summed E-state index contributed by atoms with van der Waals surface area (Å²) < 4.78 is 33.9. The molecule has 0 saturated carbocycles. The monoisotopic (exact) mass is 348 g/mol. The zero-order chi connectivity index (χ0) is 16.9. The number of ether oxygens (including phenoxy) is 1. The molecule has 0 aliphatic heterocycles. The Kier molecular flexibility index (Phi) is 6.97. The van der Waals surface area contributed by atoms with Crippen molar-refractivity contribution in [1.82, 2.24) is 9.71 Å². The lowest BCUT2D eigenvalue weighted by Gasteiger charge is -2.26. The quantitative estimate of drug-likeness (QED) is 0.599. The molecule has 124 valence electrons. The van der Waals surface area contributed by atoms with Gasteiger partial charge in [0.1, 0.15) is 10.8 Å². The van der Waals surface area contributed by atoms with Crippen molar-refractivity contribution in [3.8, 4) is 5.75 Å². The fourth-order valence-electron chi connectivity index (χ4n) is 1.80. The van der Waals surface area contributed by atoms with Crippen LogP contribution in [0.4, 0.5) is 4.39 Å². The van der Waals surface area contributed by atoms with Crippen LogP contribution in [0.25, 0.3) is 0 Å². The molecule has 7 heteroatoms. The summed E-state index contributed by atoms with van der Waals surface area (Å²) in [5.41, 5.74) is 0.427. The van der Waals surface area contributed by atoms with Gasteiger partial charge in [-0.25, -0.2) is 13.9 Å². The summed E-state index contributed by atoms with van der Waals surface area (Å²) in [4.78, 5) is 3.55. The Balaban J connectivity index is 3.25. The van der Waals surface area contributed by atoms with Crippen molar-refractivity contribution in [3.63, 3.8) is 0 Å². The number of pyridine rings is 1. The summed E-state index contributed by atoms with van der Waals surface area (Å²) in [7, 11) is 0.121. The number of nitrogens with zero attached hydrogens (tertiary/aromatic N) is 1. The Morgan fingerprint density at radius 1 is 1.59 bits per heavy atom. The van der Waals surface area contributed by atoms with Gasteiger partial charge in [0.25, 0.3) is 0 Å².